The van der Waals surface area contributed by atoms with Gasteiger partial charge in [0, 0.05) is 30.3 Å². The number of carbonyl (C=O) groups is 2. The summed E-state index contributed by atoms with van der Waals surface area (Å²) in [6.45, 7) is 6.81. The summed E-state index contributed by atoms with van der Waals surface area (Å²) >= 11 is 1.53. The molecule has 1 atom stereocenters. The minimum atomic E-state index is -0.103. The molecular weight excluding hydrogens is 412 g/mol. The van der Waals surface area contributed by atoms with Crippen LogP contribution in [0, 0.1) is 12.8 Å². The Morgan fingerprint density at radius 3 is 2.61 bits per heavy atom. The molecule has 31 heavy (non-hydrogen) atoms. The van der Waals surface area contributed by atoms with Crippen LogP contribution in [0.1, 0.15) is 47.2 Å². The summed E-state index contributed by atoms with van der Waals surface area (Å²) in [6, 6.07) is 9.74. The zero-order valence-electron chi connectivity index (χ0n) is 18.1. The second-order valence-electron chi connectivity index (χ2n) is 8.09. The van der Waals surface area contributed by atoms with Crippen molar-refractivity contribution in [2.24, 2.45) is 5.92 Å². The standard InChI is InChI=1S/C23H26N4O3S/c1-13(28)9-16-11-27(12-16)22(29)20-21-19(10-14(2)31-21)25-23(26-20)24-15(3)17-5-7-18(30-4)8-6-17/h5-8,10,15-16H,9,11-12H2,1-4H3,(H,24,25,26)/t15-/m0/s1. The van der Waals surface area contributed by atoms with E-state index >= 15 is 0 Å². The van der Waals surface area contributed by atoms with Crippen LogP contribution < -0.4 is 10.1 Å². The maximum Gasteiger partial charge on any atom is 0.274 e. The lowest BCUT2D eigenvalue weighted by atomic mass is 9.94. The Bertz CT molecular complexity index is 1120. The predicted octanol–water partition coefficient (Wildman–Crippen LogP) is 4.23. The Labute approximate surface area is 185 Å². The molecule has 3 heterocycles. The number of rotatable bonds is 7. The summed E-state index contributed by atoms with van der Waals surface area (Å²) in [4.78, 5) is 36.6. The predicted molar refractivity (Wildman–Crippen MR) is 122 cm³/mol. The third-order valence-electron chi connectivity index (χ3n) is 5.48. The summed E-state index contributed by atoms with van der Waals surface area (Å²) in [7, 11) is 1.64. The first-order valence-corrected chi connectivity index (χ1v) is 11.1. The van der Waals surface area contributed by atoms with Crippen molar-refractivity contribution in [2.75, 3.05) is 25.5 Å². The van der Waals surface area contributed by atoms with E-state index in [0.29, 0.717) is 31.2 Å². The van der Waals surface area contributed by atoms with Gasteiger partial charge in [0.2, 0.25) is 5.95 Å². The van der Waals surface area contributed by atoms with Crippen LogP contribution in [0.3, 0.4) is 0 Å². The number of nitrogens with one attached hydrogen (secondary N) is 1. The molecule has 0 radical (unpaired) electrons. The molecule has 1 fully saturated rings. The number of hydrogen-bond acceptors (Lipinski definition) is 7. The molecule has 1 saturated heterocycles. The molecule has 1 amide bonds. The van der Waals surface area contributed by atoms with Crippen LogP contribution in [-0.2, 0) is 4.79 Å². The van der Waals surface area contributed by atoms with Crippen molar-refractivity contribution >= 4 is 39.2 Å². The van der Waals surface area contributed by atoms with Gasteiger partial charge in [0.05, 0.1) is 23.4 Å². The van der Waals surface area contributed by atoms with Gasteiger partial charge in [-0.15, -0.1) is 11.3 Å². The van der Waals surface area contributed by atoms with E-state index in [1.807, 2.05) is 44.2 Å². The Morgan fingerprint density at radius 2 is 1.97 bits per heavy atom. The van der Waals surface area contributed by atoms with Gasteiger partial charge in [0.1, 0.15) is 11.5 Å². The summed E-state index contributed by atoms with van der Waals surface area (Å²) < 4.78 is 6.03. The average molecular weight is 439 g/mol. The van der Waals surface area contributed by atoms with Gasteiger partial charge in [-0.3, -0.25) is 4.79 Å². The smallest absolute Gasteiger partial charge is 0.274 e. The molecule has 1 aliphatic rings. The number of hydrogen-bond donors (Lipinski definition) is 1. The Morgan fingerprint density at radius 1 is 1.26 bits per heavy atom. The van der Waals surface area contributed by atoms with Crippen LogP contribution in [-0.4, -0.2) is 46.8 Å². The molecule has 1 aliphatic heterocycles. The number of fused-ring (bicyclic) bond motifs is 1. The molecule has 1 N–H and O–H groups in total. The van der Waals surface area contributed by atoms with Crippen molar-refractivity contribution in [1.29, 1.82) is 0 Å². The van der Waals surface area contributed by atoms with Crippen LogP contribution in [0.4, 0.5) is 5.95 Å². The maximum atomic E-state index is 13.2. The van der Waals surface area contributed by atoms with E-state index in [4.69, 9.17) is 4.74 Å². The molecule has 0 bridgehead atoms. The zero-order valence-corrected chi connectivity index (χ0v) is 19.0. The van der Waals surface area contributed by atoms with Crippen molar-refractivity contribution in [2.45, 2.75) is 33.2 Å². The van der Waals surface area contributed by atoms with Crippen molar-refractivity contribution in [1.82, 2.24) is 14.9 Å². The molecule has 162 valence electrons. The highest BCUT2D eigenvalue weighted by Gasteiger charge is 2.34. The van der Waals surface area contributed by atoms with Gasteiger partial charge in [-0.2, -0.15) is 0 Å². The van der Waals surface area contributed by atoms with Gasteiger partial charge in [-0.25, -0.2) is 9.97 Å². The molecular formula is C23H26N4O3S. The van der Waals surface area contributed by atoms with Gasteiger partial charge < -0.3 is 19.7 Å². The van der Waals surface area contributed by atoms with E-state index in [9.17, 15) is 9.59 Å². The van der Waals surface area contributed by atoms with Gasteiger partial charge in [-0.05, 0) is 44.5 Å². The Kier molecular flexibility index (Phi) is 5.91. The van der Waals surface area contributed by atoms with Gasteiger partial charge in [-0.1, -0.05) is 12.1 Å². The normalized spacial score (nSPS) is 14.9. The number of ether oxygens (including phenoxy) is 1. The molecule has 0 spiro atoms. The van der Waals surface area contributed by atoms with Crippen LogP contribution in [0.15, 0.2) is 30.3 Å². The minimum absolute atomic E-state index is 0.0463. The lowest BCUT2D eigenvalue weighted by Crippen LogP contribution is -2.50. The van der Waals surface area contributed by atoms with E-state index in [2.05, 4.69) is 15.3 Å². The van der Waals surface area contributed by atoms with Crippen molar-refractivity contribution in [3.63, 3.8) is 0 Å². The Balaban J connectivity index is 1.57. The number of aryl methyl sites for hydroxylation is 1. The monoisotopic (exact) mass is 438 g/mol. The van der Waals surface area contributed by atoms with Crippen molar-refractivity contribution in [3.05, 3.63) is 46.5 Å². The maximum absolute atomic E-state index is 13.2. The number of aromatic nitrogens is 2. The van der Waals surface area contributed by atoms with E-state index in [0.717, 1.165) is 26.4 Å². The Hall–Kier alpha value is -3.00. The summed E-state index contributed by atoms with van der Waals surface area (Å²) in [5.74, 6) is 1.53. The molecule has 2 aromatic heterocycles. The van der Waals surface area contributed by atoms with E-state index in [1.54, 1.807) is 18.9 Å². The summed E-state index contributed by atoms with van der Waals surface area (Å²) in [5, 5.41) is 3.33. The fraction of sp³-hybridized carbons (Fsp3) is 0.391. The number of likely N-dealkylation sites (tertiary alicyclic amines) is 1. The van der Waals surface area contributed by atoms with Crippen LogP contribution in [0.2, 0.25) is 0 Å². The summed E-state index contributed by atoms with van der Waals surface area (Å²) in [6.07, 6.45) is 0.521. The number of carbonyl (C=O) groups excluding carboxylic acids is 2. The van der Waals surface area contributed by atoms with Gasteiger partial charge in [0.15, 0.2) is 5.69 Å². The highest BCUT2D eigenvalue weighted by atomic mass is 32.1. The molecule has 4 rings (SSSR count). The second-order valence-corrected chi connectivity index (χ2v) is 9.35. The second kappa shape index (κ2) is 8.63. The largest absolute Gasteiger partial charge is 0.497 e. The van der Waals surface area contributed by atoms with Crippen molar-refractivity contribution < 1.29 is 14.3 Å². The number of methoxy groups -OCH3 is 1. The van der Waals surface area contributed by atoms with E-state index < -0.39 is 0 Å². The first-order valence-electron chi connectivity index (χ1n) is 10.3. The van der Waals surface area contributed by atoms with Crippen LogP contribution >= 0.6 is 11.3 Å². The molecule has 0 unspecified atom stereocenters. The first-order chi connectivity index (χ1) is 14.8. The molecule has 8 heteroatoms. The highest BCUT2D eigenvalue weighted by molar-refractivity contribution is 7.19. The molecule has 1 aromatic carbocycles. The van der Waals surface area contributed by atoms with Gasteiger partial charge in [0.25, 0.3) is 5.91 Å². The molecule has 0 aliphatic carbocycles. The number of benzene rings is 1. The van der Waals surface area contributed by atoms with Crippen molar-refractivity contribution in [3.8, 4) is 5.75 Å². The highest BCUT2D eigenvalue weighted by Crippen LogP contribution is 2.31. The SMILES string of the molecule is COc1ccc([C@H](C)Nc2nc(C(=O)N3CC(CC(C)=O)C3)c3sc(C)cc3n2)cc1. The first kappa shape index (κ1) is 21.2. The topological polar surface area (TPSA) is 84.4 Å². The molecule has 0 saturated carbocycles. The zero-order chi connectivity index (χ0) is 22.1. The van der Waals surface area contributed by atoms with E-state index in [-0.39, 0.29) is 23.7 Å². The minimum Gasteiger partial charge on any atom is -0.497 e. The third kappa shape index (κ3) is 4.54. The quantitative estimate of drug-likeness (QED) is 0.594. The fourth-order valence-corrected chi connectivity index (χ4v) is 4.78. The van der Waals surface area contributed by atoms with Crippen LogP contribution in [0.25, 0.3) is 10.2 Å². The molecule has 7 nitrogen and oxygen atoms in total. The lowest BCUT2D eigenvalue weighted by molar-refractivity contribution is -0.118. The van der Waals surface area contributed by atoms with Crippen LogP contribution in [0.5, 0.6) is 5.75 Å². The number of anilines is 1. The lowest BCUT2D eigenvalue weighted by Gasteiger charge is -2.38. The summed E-state index contributed by atoms with van der Waals surface area (Å²) in [5.41, 5.74) is 2.26. The average Bonchev–Trinajstić information content (AvgIpc) is 3.09. The number of thiophene rings is 1. The molecule has 3 aromatic rings. The number of amides is 1. The number of nitrogens with zero attached hydrogens (tertiary/aromatic N) is 3. The third-order valence-corrected chi connectivity index (χ3v) is 6.53. The number of Topliss-reactive ketones (excluding diaryl/α,β-unsaturated/α-hetero) is 1. The van der Waals surface area contributed by atoms with Gasteiger partial charge >= 0.3 is 0 Å². The fourth-order valence-electron chi connectivity index (χ4n) is 3.85. The van der Waals surface area contributed by atoms with E-state index in [1.165, 1.54) is 11.3 Å². The number of ketones is 1.